The number of nitrogens with one attached hydrogen (secondary N) is 2. The summed E-state index contributed by atoms with van der Waals surface area (Å²) < 4.78 is 32.1. The molecule has 2 N–H and O–H groups in total. The number of ether oxygens (including phenoxy) is 1. The summed E-state index contributed by atoms with van der Waals surface area (Å²) in [5.74, 6) is -1.77. The molecule has 7 heteroatoms. The lowest BCUT2D eigenvalue weighted by molar-refractivity contribution is -0.124. The van der Waals surface area contributed by atoms with Gasteiger partial charge >= 0.3 is 6.09 Å². The van der Waals surface area contributed by atoms with E-state index >= 15 is 0 Å². The van der Waals surface area contributed by atoms with Gasteiger partial charge < -0.3 is 15.4 Å². The predicted octanol–water partition coefficient (Wildman–Crippen LogP) is 3.03. The quantitative estimate of drug-likeness (QED) is 0.886. The van der Waals surface area contributed by atoms with Gasteiger partial charge in [-0.15, -0.1) is 0 Å². The van der Waals surface area contributed by atoms with Crippen LogP contribution in [0.1, 0.15) is 35.6 Å². The van der Waals surface area contributed by atoms with Crippen LogP contribution in [-0.4, -0.2) is 30.2 Å². The molecule has 0 saturated carbocycles. The molecule has 0 aromatic heterocycles. The number of amides is 2. The number of hydrogen-bond donors (Lipinski definition) is 2. The second-order valence-electron chi connectivity index (χ2n) is 6.96. The summed E-state index contributed by atoms with van der Waals surface area (Å²) in [5, 5.41) is 5.40. The molecule has 1 aromatic carbocycles. The topological polar surface area (TPSA) is 67.4 Å². The number of carbonyl (C=O) groups excluding carboxylic acids is 2. The summed E-state index contributed by atoms with van der Waals surface area (Å²) in [7, 11) is 0. The first-order valence-electron chi connectivity index (χ1n) is 7.84. The highest BCUT2D eigenvalue weighted by molar-refractivity contribution is 5.78. The van der Waals surface area contributed by atoms with Crippen LogP contribution in [0, 0.1) is 17.6 Å². The van der Waals surface area contributed by atoms with Crippen molar-refractivity contribution in [1.82, 2.24) is 10.6 Å². The van der Waals surface area contributed by atoms with E-state index in [9.17, 15) is 18.4 Å². The standard InChI is InChI=1S/C17H22F2N2O3.2H2/c1-17(2,3)24-16(23)21-14-9-20-15(22)7-11(14)6-10-4-5-12(18)8-13(10)19;;/h4-5,8,11,14H,6-7,9H2,1-3H3,(H,20,22)(H,21,23);2*1H. The minimum Gasteiger partial charge on any atom is -0.444 e. The molecule has 136 valence electrons. The van der Waals surface area contributed by atoms with Crippen LogP contribution in [0.5, 0.6) is 0 Å². The third-order valence-corrected chi connectivity index (χ3v) is 3.74. The van der Waals surface area contributed by atoms with Gasteiger partial charge in [0.25, 0.3) is 0 Å². The van der Waals surface area contributed by atoms with Crippen LogP contribution in [0.2, 0.25) is 0 Å². The molecule has 24 heavy (non-hydrogen) atoms. The van der Waals surface area contributed by atoms with Crippen molar-refractivity contribution in [2.75, 3.05) is 6.54 Å². The van der Waals surface area contributed by atoms with Gasteiger partial charge in [0, 0.05) is 21.9 Å². The molecule has 1 heterocycles. The fourth-order valence-corrected chi connectivity index (χ4v) is 2.65. The summed E-state index contributed by atoms with van der Waals surface area (Å²) in [4.78, 5) is 23.6. The lowest BCUT2D eigenvalue weighted by Crippen LogP contribution is -2.54. The average Bonchev–Trinajstić information content (AvgIpc) is 2.43. The van der Waals surface area contributed by atoms with Crippen molar-refractivity contribution >= 4 is 12.0 Å². The Balaban J connectivity index is 0.00000312. The molecule has 1 aliphatic heterocycles. The second-order valence-corrected chi connectivity index (χ2v) is 6.96. The van der Waals surface area contributed by atoms with Crippen molar-refractivity contribution in [3.05, 3.63) is 35.4 Å². The zero-order chi connectivity index (χ0) is 17.9. The van der Waals surface area contributed by atoms with Gasteiger partial charge in [0.15, 0.2) is 0 Å². The van der Waals surface area contributed by atoms with E-state index < -0.39 is 23.3 Å². The Labute approximate surface area is 142 Å². The van der Waals surface area contributed by atoms with Crippen molar-refractivity contribution in [1.29, 1.82) is 0 Å². The summed E-state index contributed by atoms with van der Waals surface area (Å²) >= 11 is 0. The fraction of sp³-hybridized carbons (Fsp3) is 0.529. The van der Waals surface area contributed by atoms with Gasteiger partial charge in [-0.2, -0.15) is 0 Å². The third-order valence-electron chi connectivity index (χ3n) is 3.74. The Hall–Kier alpha value is -2.18. The molecule has 1 saturated heterocycles. The highest BCUT2D eigenvalue weighted by Gasteiger charge is 2.32. The first-order chi connectivity index (χ1) is 11.1. The van der Waals surface area contributed by atoms with Crippen LogP contribution in [0.15, 0.2) is 18.2 Å². The van der Waals surface area contributed by atoms with Gasteiger partial charge in [-0.1, -0.05) is 6.07 Å². The molecule has 2 rings (SSSR count). The van der Waals surface area contributed by atoms with Crippen LogP contribution in [-0.2, 0) is 16.0 Å². The van der Waals surface area contributed by atoms with Crippen LogP contribution in [0.3, 0.4) is 0 Å². The van der Waals surface area contributed by atoms with Crippen molar-refractivity contribution in [2.45, 2.75) is 45.3 Å². The number of alkyl carbamates (subject to hydrolysis) is 1. The summed E-state index contributed by atoms with van der Waals surface area (Å²) in [6.45, 7) is 5.49. The molecule has 0 bridgehead atoms. The Bertz CT molecular complexity index is 639. The Kier molecular flexibility index (Phi) is 5.41. The summed E-state index contributed by atoms with van der Waals surface area (Å²) in [5.41, 5.74) is -0.326. The average molecular weight is 344 g/mol. The van der Waals surface area contributed by atoms with E-state index in [-0.39, 0.29) is 40.1 Å². The minimum atomic E-state index is -0.656. The number of piperidine rings is 1. The Morgan fingerprint density at radius 2 is 2.12 bits per heavy atom. The molecule has 0 spiro atoms. The van der Waals surface area contributed by atoms with E-state index in [0.29, 0.717) is 5.56 Å². The number of rotatable bonds is 3. The molecular weight excluding hydrogens is 318 g/mol. The van der Waals surface area contributed by atoms with Gasteiger partial charge in [-0.25, -0.2) is 13.6 Å². The molecule has 1 aromatic rings. The molecule has 1 aliphatic rings. The molecule has 2 unspecified atom stereocenters. The molecular formula is C17H26F2N2O3. The summed E-state index contributed by atoms with van der Waals surface area (Å²) in [6.07, 6.45) is -0.217. The maximum Gasteiger partial charge on any atom is 0.407 e. The third kappa shape index (κ3) is 5.18. The zero-order valence-electron chi connectivity index (χ0n) is 14.0. The first-order valence-corrected chi connectivity index (χ1v) is 7.84. The van der Waals surface area contributed by atoms with E-state index in [4.69, 9.17) is 4.74 Å². The summed E-state index contributed by atoms with van der Waals surface area (Å²) in [6, 6.07) is 2.97. The van der Waals surface area contributed by atoms with Crippen molar-refractivity contribution < 1.29 is 26.0 Å². The van der Waals surface area contributed by atoms with Gasteiger partial charge in [-0.3, -0.25) is 4.79 Å². The van der Waals surface area contributed by atoms with Crippen LogP contribution in [0.25, 0.3) is 0 Å². The Morgan fingerprint density at radius 1 is 1.42 bits per heavy atom. The van der Waals surface area contributed by atoms with E-state index in [1.54, 1.807) is 20.8 Å². The zero-order valence-corrected chi connectivity index (χ0v) is 14.0. The maximum absolute atomic E-state index is 13.9. The first kappa shape index (κ1) is 18.2. The lowest BCUT2D eigenvalue weighted by Gasteiger charge is -2.33. The largest absolute Gasteiger partial charge is 0.444 e. The van der Waals surface area contributed by atoms with Crippen LogP contribution >= 0.6 is 0 Å². The second kappa shape index (κ2) is 7.15. The van der Waals surface area contributed by atoms with Gasteiger partial charge in [0.05, 0.1) is 6.04 Å². The number of hydrogen-bond acceptors (Lipinski definition) is 3. The van der Waals surface area contributed by atoms with Gasteiger partial charge in [0.2, 0.25) is 5.91 Å². The van der Waals surface area contributed by atoms with Crippen LogP contribution in [0.4, 0.5) is 13.6 Å². The fourth-order valence-electron chi connectivity index (χ4n) is 2.65. The minimum absolute atomic E-state index is 0. The van der Waals surface area contributed by atoms with Gasteiger partial charge in [-0.05, 0) is 44.7 Å². The van der Waals surface area contributed by atoms with E-state index in [0.717, 1.165) is 6.07 Å². The number of carbonyl (C=O) groups is 2. The van der Waals surface area contributed by atoms with Crippen molar-refractivity contribution in [2.24, 2.45) is 5.92 Å². The smallest absolute Gasteiger partial charge is 0.407 e. The van der Waals surface area contributed by atoms with E-state index in [1.165, 1.54) is 12.1 Å². The van der Waals surface area contributed by atoms with E-state index in [1.807, 2.05) is 0 Å². The number of benzene rings is 1. The van der Waals surface area contributed by atoms with Crippen molar-refractivity contribution in [3.63, 3.8) is 0 Å². The molecule has 2 atom stereocenters. The molecule has 0 radical (unpaired) electrons. The maximum atomic E-state index is 13.9. The Morgan fingerprint density at radius 3 is 2.75 bits per heavy atom. The van der Waals surface area contributed by atoms with E-state index in [2.05, 4.69) is 10.6 Å². The molecule has 5 nitrogen and oxygen atoms in total. The van der Waals surface area contributed by atoms with Gasteiger partial charge in [0.1, 0.15) is 17.2 Å². The molecule has 1 fully saturated rings. The molecule has 2 amide bonds. The monoisotopic (exact) mass is 344 g/mol. The highest BCUT2D eigenvalue weighted by atomic mass is 19.1. The highest BCUT2D eigenvalue weighted by Crippen LogP contribution is 2.22. The lowest BCUT2D eigenvalue weighted by atomic mass is 9.86. The van der Waals surface area contributed by atoms with Crippen LogP contribution < -0.4 is 10.6 Å². The number of halogens is 2. The van der Waals surface area contributed by atoms with Crippen molar-refractivity contribution in [3.8, 4) is 0 Å². The normalized spacial score (nSPS) is 21.1. The SMILES string of the molecule is CC(C)(C)OC(=O)NC1CNC(=O)CC1Cc1ccc(F)cc1F.[HH].[HH]. The molecule has 0 aliphatic carbocycles. The predicted molar refractivity (Wildman–Crippen MR) is 88.6 cm³/mol.